The molecule has 0 saturated heterocycles. The monoisotopic (exact) mass is 348 g/mol. The molecule has 132 valence electrons. The Balaban J connectivity index is 1.68. The fraction of sp³-hybridized carbons (Fsp3) is 0.200. The molecule has 0 aliphatic carbocycles. The first kappa shape index (κ1) is 17.5. The lowest BCUT2D eigenvalue weighted by Gasteiger charge is -2.09. The lowest BCUT2D eigenvalue weighted by Crippen LogP contribution is -2.32. The Kier molecular flexibility index (Phi) is 5.22. The molecule has 26 heavy (non-hydrogen) atoms. The highest BCUT2D eigenvalue weighted by atomic mass is 16.1. The van der Waals surface area contributed by atoms with Crippen molar-refractivity contribution in [3.63, 3.8) is 0 Å². The first-order chi connectivity index (χ1) is 12.5. The maximum atomic E-state index is 12.3. The molecule has 0 spiro atoms. The minimum absolute atomic E-state index is 0.157. The van der Waals surface area contributed by atoms with Gasteiger partial charge in [0.05, 0.1) is 12.2 Å². The highest BCUT2D eigenvalue weighted by Crippen LogP contribution is 2.13. The predicted molar refractivity (Wildman–Crippen MR) is 100.0 cm³/mol. The molecule has 0 fully saturated rings. The van der Waals surface area contributed by atoms with E-state index in [1.165, 1.54) is 10.7 Å². The number of hydrogen-bond donors (Lipinski definition) is 1. The predicted octanol–water partition coefficient (Wildman–Crippen LogP) is 2.35. The van der Waals surface area contributed by atoms with E-state index in [0.29, 0.717) is 24.3 Å². The number of hydrogen-bond acceptors (Lipinski definition) is 4. The van der Waals surface area contributed by atoms with Gasteiger partial charge in [0.25, 0.3) is 11.5 Å². The van der Waals surface area contributed by atoms with Crippen molar-refractivity contribution < 1.29 is 4.79 Å². The summed E-state index contributed by atoms with van der Waals surface area (Å²) in [7, 11) is 0. The van der Waals surface area contributed by atoms with E-state index in [1.54, 1.807) is 18.5 Å². The molecular weight excluding hydrogens is 328 g/mol. The van der Waals surface area contributed by atoms with Crippen LogP contribution >= 0.6 is 0 Å². The van der Waals surface area contributed by atoms with Crippen molar-refractivity contribution in [3.05, 3.63) is 81.9 Å². The van der Waals surface area contributed by atoms with Crippen molar-refractivity contribution in [2.24, 2.45) is 0 Å². The first-order valence-electron chi connectivity index (χ1n) is 8.38. The Hall–Kier alpha value is -3.28. The third-order valence-electron chi connectivity index (χ3n) is 3.94. The second kappa shape index (κ2) is 7.74. The van der Waals surface area contributed by atoms with Crippen LogP contribution in [0.4, 0.5) is 0 Å². The number of carbonyl (C=O) groups is 1. The number of amides is 1. The third-order valence-corrected chi connectivity index (χ3v) is 3.94. The van der Waals surface area contributed by atoms with E-state index in [9.17, 15) is 9.59 Å². The second-order valence-corrected chi connectivity index (χ2v) is 6.15. The van der Waals surface area contributed by atoms with E-state index in [4.69, 9.17) is 0 Å². The van der Waals surface area contributed by atoms with E-state index in [0.717, 1.165) is 16.7 Å². The van der Waals surface area contributed by atoms with Crippen LogP contribution in [0.5, 0.6) is 0 Å². The zero-order chi connectivity index (χ0) is 18.5. The smallest absolute Gasteiger partial charge is 0.266 e. The van der Waals surface area contributed by atoms with E-state index in [1.807, 2.05) is 44.2 Å². The standard InChI is InChI=1S/C20H20N4O2/c1-14-11-15(2)13-17(12-14)20(26)22-9-10-24-19(25)4-3-18(23-24)16-5-7-21-8-6-16/h3-8,11-13H,9-10H2,1-2H3,(H,22,26). The maximum absolute atomic E-state index is 12.3. The Labute approximate surface area is 151 Å². The molecule has 6 nitrogen and oxygen atoms in total. The third kappa shape index (κ3) is 4.22. The summed E-state index contributed by atoms with van der Waals surface area (Å²) in [5.74, 6) is -0.157. The van der Waals surface area contributed by atoms with Crippen LogP contribution in [0.2, 0.25) is 0 Å². The van der Waals surface area contributed by atoms with E-state index in [2.05, 4.69) is 15.4 Å². The molecule has 1 N–H and O–H groups in total. The summed E-state index contributed by atoms with van der Waals surface area (Å²) < 4.78 is 1.36. The SMILES string of the molecule is Cc1cc(C)cc(C(=O)NCCn2nc(-c3ccncc3)ccc2=O)c1. The van der Waals surface area contributed by atoms with Gasteiger partial charge in [-0.3, -0.25) is 14.6 Å². The fourth-order valence-electron chi connectivity index (χ4n) is 2.77. The lowest BCUT2D eigenvalue weighted by atomic mass is 10.1. The van der Waals surface area contributed by atoms with Gasteiger partial charge in [0.1, 0.15) is 0 Å². The molecule has 0 unspecified atom stereocenters. The van der Waals surface area contributed by atoms with Gasteiger partial charge in [-0.2, -0.15) is 5.10 Å². The summed E-state index contributed by atoms with van der Waals surface area (Å²) in [6.45, 7) is 4.53. The minimum atomic E-state index is -0.205. The normalized spacial score (nSPS) is 10.5. The number of nitrogens with zero attached hydrogens (tertiary/aromatic N) is 3. The van der Waals surface area contributed by atoms with Gasteiger partial charge in [0, 0.05) is 36.1 Å². The number of pyridine rings is 1. The first-order valence-corrected chi connectivity index (χ1v) is 8.38. The zero-order valence-corrected chi connectivity index (χ0v) is 14.8. The van der Waals surface area contributed by atoms with Crippen LogP contribution in [0.15, 0.2) is 59.7 Å². The number of rotatable bonds is 5. The van der Waals surface area contributed by atoms with Crippen LogP contribution in [0, 0.1) is 13.8 Å². The van der Waals surface area contributed by atoms with Crippen molar-refractivity contribution in [2.45, 2.75) is 20.4 Å². The van der Waals surface area contributed by atoms with Crippen molar-refractivity contribution in [1.82, 2.24) is 20.1 Å². The number of aromatic nitrogens is 3. The summed E-state index contributed by atoms with van der Waals surface area (Å²) in [6.07, 6.45) is 3.35. The molecule has 2 aromatic heterocycles. The Bertz CT molecular complexity index is 960. The van der Waals surface area contributed by atoms with E-state index >= 15 is 0 Å². The second-order valence-electron chi connectivity index (χ2n) is 6.15. The van der Waals surface area contributed by atoms with Gasteiger partial charge >= 0.3 is 0 Å². The lowest BCUT2D eigenvalue weighted by molar-refractivity contribution is 0.0951. The molecule has 0 bridgehead atoms. The number of aryl methyl sites for hydroxylation is 2. The van der Waals surface area contributed by atoms with Crippen LogP contribution in [0.1, 0.15) is 21.5 Å². The molecule has 0 radical (unpaired) electrons. The molecule has 3 aromatic rings. The molecule has 6 heteroatoms. The van der Waals surface area contributed by atoms with Crippen LogP contribution < -0.4 is 10.9 Å². The van der Waals surface area contributed by atoms with Crippen molar-refractivity contribution in [3.8, 4) is 11.3 Å². The van der Waals surface area contributed by atoms with Crippen LogP contribution in [-0.2, 0) is 6.54 Å². The minimum Gasteiger partial charge on any atom is -0.350 e. The summed E-state index contributed by atoms with van der Waals surface area (Å²) in [5, 5.41) is 7.21. The topological polar surface area (TPSA) is 76.9 Å². The quantitative estimate of drug-likeness (QED) is 0.768. The highest BCUT2D eigenvalue weighted by Gasteiger charge is 2.07. The average Bonchev–Trinajstić information content (AvgIpc) is 2.63. The van der Waals surface area contributed by atoms with Crippen molar-refractivity contribution in [2.75, 3.05) is 6.54 Å². The van der Waals surface area contributed by atoms with E-state index < -0.39 is 0 Å². The molecule has 0 atom stereocenters. The van der Waals surface area contributed by atoms with Gasteiger partial charge in [-0.05, 0) is 44.2 Å². The van der Waals surface area contributed by atoms with Gasteiger partial charge in [-0.25, -0.2) is 4.68 Å². The molecule has 0 aliphatic heterocycles. The Morgan fingerprint density at radius 3 is 2.42 bits per heavy atom. The summed E-state index contributed by atoms with van der Waals surface area (Å²) >= 11 is 0. The van der Waals surface area contributed by atoms with Crippen molar-refractivity contribution in [1.29, 1.82) is 0 Å². The van der Waals surface area contributed by atoms with Crippen LogP contribution in [0.3, 0.4) is 0 Å². The molecule has 0 aliphatic rings. The Morgan fingerprint density at radius 1 is 1.04 bits per heavy atom. The van der Waals surface area contributed by atoms with Gasteiger partial charge in [0.2, 0.25) is 0 Å². The summed E-state index contributed by atoms with van der Waals surface area (Å²) in [4.78, 5) is 28.3. The molecular formula is C20H20N4O2. The maximum Gasteiger partial charge on any atom is 0.266 e. The van der Waals surface area contributed by atoms with Crippen LogP contribution in [0.25, 0.3) is 11.3 Å². The Morgan fingerprint density at radius 2 is 1.73 bits per heavy atom. The molecule has 0 saturated carbocycles. The zero-order valence-electron chi connectivity index (χ0n) is 14.8. The molecule has 2 heterocycles. The number of benzene rings is 1. The van der Waals surface area contributed by atoms with Gasteiger partial charge in [-0.15, -0.1) is 0 Å². The van der Waals surface area contributed by atoms with Crippen LogP contribution in [-0.4, -0.2) is 27.2 Å². The van der Waals surface area contributed by atoms with E-state index in [-0.39, 0.29) is 11.5 Å². The molecule has 3 rings (SSSR count). The highest BCUT2D eigenvalue weighted by molar-refractivity contribution is 5.94. The number of carbonyl (C=O) groups excluding carboxylic acids is 1. The molecule has 1 aromatic carbocycles. The molecule has 1 amide bonds. The largest absolute Gasteiger partial charge is 0.350 e. The fourth-order valence-corrected chi connectivity index (χ4v) is 2.77. The van der Waals surface area contributed by atoms with Gasteiger partial charge in [-0.1, -0.05) is 17.2 Å². The van der Waals surface area contributed by atoms with Gasteiger partial charge in [0.15, 0.2) is 0 Å². The summed E-state index contributed by atoms with van der Waals surface area (Å²) in [6, 6.07) is 12.5. The van der Waals surface area contributed by atoms with Crippen molar-refractivity contribution >= 4 is 5.91 Å². The average molecular weight is 348 g/mol. The van der Waals surface area contributed by atoms with Gasteiger partial charge < -0.3 is 5.32 Å². The number of nitrogens with one attached hydrogen (secondary N) is 1. The summed E-state index contributed by atoms with van der Waals surface area (Å²) in [5.41, 5.74) is 4.06.